The second kappa shape index (κ2) is 8.55. The van der Waals surface area contributed by atoms with Gasteiger partial charge in [-0.3, -0.25) is 14.9 Å². The Labute approximate surface area is 193 Å². The zero-order valence-corrected chi connectivity index (χ0v) is 18.3. The highest BCUT2D eigenvalue weighted by Crippen LogP contribution is 2.32. The summed E-state index contributed by atoms with van der Waals surface area (Å²) < 4.78 is 11.1. The molecule has 1 N–H and O–H groups in total. The van der Waals surface area contributed by atoms with E-state index in [-0.39, 0.29) is 10.7 Å². The molecular weight excluding hydrogens is 459 g/mol. The third kappa shape index (κ3) is 4.07. The molecule has 0 atom stereocenters. The number of amides is 2. The van der Waals surface area contributed by atoms with Gasteiger partial charge in [-0.15, -0.1) is 0 Å². The monoisotopic (exact) mass is 472 g/mol. The van der Waals surface area contributed by atoms with Crippen LogP contribution >= 0.6 is 35.4 Å². The number of rotatable bonds is 4. The van der Waals surface area contributed by atoms with Crippen LogP contribution in [0.3, 0.4) is 0 Å². The van der Waals surface area contributed by atoms with Gasteiger partial charge >= 0.3 is 0 Å². The third-order valence-corrected chi connectivity index (χ3v) is 5.57. The topological polar surface area (TPSA) is 71.8 Å². The van der Waals surface area contributed by atoms with E-state index in [0.717, 1.165) is 0 Å². The van der Waals surface area contributed by atoms with E-state index < -0.39 is 11.8 Å². The molecule has 0 unspecified atom stereocenters. The maximum atomic E-state index is 13.2. The number of methoxy groups -OCH3 is 1. The zero-order chi connectivity index (χ0) is 22.1. The molecule has 2 aromatic carbocycles. The lowest BCUT2D eigenvalue weighted by atomic mass is 10.1. The van der Waals surface area contributed by atoms with E-state index in [1.807, 2.05) is 0 Å². The van der Waals surface area contributed by atoms with Crippen LogP contribution in [-0.4, -0.2) is 24.0 Å². The lowest BCUT2D eigenvalue weighted by Crippen LogP contribution is -2.54. The normalized spacial score (nSPS) is 15.4. The van der Waals surface area contributed by atoms with Gasteiger partial charge in [0.15, 0.2) is 5.11 Å². The van der Waals surface area contributed by atoms with Crippen LogP contribution < -0.4 is 15.0 Å². The van der Waals surface area contributed by atoms with Gasteiger partial charge in [-0.25, -0.2) is 4.90 Å². The summed E-state index contributed by atoms with van der Waals surface area (Å²) in [5, 5.41) is 3.31. The predicted molar refractivity (Wildman–Crippen MR) is 123 cm³/mol. The van der Waals surface area contributed by atoms with Gasteiger partial charge in [0.25, 0.3) is 11.8 Å². The molecule has 156 valence electrons. The number of hydrogen-bond donors (Lipinski definition) is 1. The van der Waals surface area contributed by atoms with E-state index >= 15 is 0 Å². The van der Waals surface area contributed by atoms with Gasteiger partial charge in [0, 0.05) is 5.56 Å². The lowest BCUT2D eigenvalue weighted by Gasteiger charge is -2.29. The molecular formula is C22H14Cl2N2O4S. The molecule has 0 radical (unpaired) electrons. The molecule has 0 saturated carbocycles. The molecule has 9 heteroatoms. The number of halogens is 2. The Hall–Kier alpha value is -3.13. The largest absolute Gasteiger partial charge is 0.495 e. The van der Waals surface area contributed by atoms with Crippen molar-refractivity contribution < 1.29 is 18.7 Å². The molecule has 1 saturated heterocycles. The van der Waals surface area contributed by atoms with Crippen molar-refractivity contribution in [3.63, 3.8) is 0 Å². The predicted octanol–water partition coefficient (Wildman–Crippen LogP) is 5.09. The van der Waals surface area contributed by atoms with Crippen LogP contribution in [0, 0.1) is 0 Å². The van der Waals surface area contributed by atoms with E-state index in [1.54, 1.807) is 54.6 Å². The number of carbonyl (C=O) groups is 2. The van der Waals surface area contributed by atoms with Gasteiger partial charge in [0.05, 0.1) is 22.8 Å². The fourth-order valence-electron chi connectivity index (χ4n) is 3.07. The molecule has 4 rings (SSSR count). The summed E-state index contributed by atoms with van der Waals surface area (Å²) >= 11 is 17.2. The molecule has 3 aromatic rings. The van der Waals surface area contributed by atoms with Crippen LogP contribution in [0.2, 0.25) is 10.0 Å². The highest BCUT2D eigenvalue weighted by molar-refractivity contribution is 7.80. The van der Waals surface area contributed by atoms with E-state index in [1.165, 1.54) is 18.1 Å². The molecule has 2 amide bonds. The van der Waals surface area contributed by atoms with Crippen molar-refractivity contribution in [2.45, 2.75) is 0 Å². The van der Waals surface area contributed by atoms with Crippen LogP contribution in [0.25, 0.3) is 17.4 Å². The first-order chi connectivity index (χ1) is 14.9. The highest BCUT2D eigenvalue weighted by Gasteiger charge is 2.36. The van der Waals surface area contributed by atoms with E-state index in [0.29, 0.717) is 38.6 Å². The van der Waals surface area contributed by atoms with Crippen molar-refractivity contribution in [1.82, 2.24) is 5.32 Å². The van der Waals surface area contributed by atoms with Crippen molar-refractivity contribution in [3.05, 3.63) is 76.0 Å². The number of anilines is 1. The molecule has 0 spiro atoms. The molecule has 1 aliphatic heterocycles. The molecule has 6 nitrogen and oxygen atoms in total. The van der Waals surface area contributed by atoms with Crippen LogP contribution in [0.1, 0.15) is 5.76 Å². The van der Waals surface area contributed by atoms with Gasteiger partial charge in [-0.05, 0) is 60.8 Å². The van der Waals surface area contributed by atoms with Gasteiger partial charge in [-0.1, -0.05) is 35.3 Å². The summed E-state index contributed by atoms with van der Waals surface area (Å²) in [6.45, 7) is 0. The average Bonchev–Trinajstić information content (AvgIpc) is 3.22. The minimum atomic E-state index is -0.617. The minimum Gasteiger partial charge on any atom is -0.495 e. The molecule has 1 aromatic heterocycles. The quantitative estimate of drug-likeness (QED) is 0.325. The van der Waals surface area contributed by atoms with Crippen molar-refractivity contribution in [3.8, 4) is 17.1 Å². The summed E-state index contributed by atoms with van der Waals surface area (Å²) in [5.41, 5.74) is 0.992. The van der Waals surface area contributed by atoms with Crippen LogP contribution in [-0.2, 0) is 9.59 Å². The Morgan fingerprint density at radius 3 is 2.58 bits per heavy atom. The van der Waals surface area contributed by atoms with Crippen molar-refractivity contribution in [2.24, 2.45) is 0 Å². The fraction of sp³-hybridized carbons (Fsp3) is 0.0455. The highest BCUT2D eigenvalue weighted by atomic mass is 35.5. The summed E-state index contributed by atoms with van der Waals surface area (Å²) in [6.07, 6.45) is 1.36. The molecule has 1 aliphatic rings. The number of para-hydroxylation sites is 2. The number of ether oxygens (including phenoxy) is 1. The van der Waals surface area contributed by atoms with Gasteiger partial charge in [-0.2, -0.15) is 0 Å². The van der Waals surface area contributed by atoms with Crippen LogP contribution in [0.15, 0.2) is 64.6 Å². The smallest absolute Gasteiger partial charge is 0.270 e. The summed E-state index contributed by atoms with van der Waals surface area (Å²) in [4.78, 5) is 26.9. The number of thiocarbonyl (C=S) groups is 1. The number of carbonyl (C=O) groups excluding carboxylic acids is 2. The summed E-state index contributed by atoms with van der Waals surface area (Å²) in [6, 6.07) is 15.3. The summed E-state index contributed by atoms with van der Waals surface area (Å²) in [5.74, 6) is 0.0477. The maximum absolute atomic E-state index is 13.2. The first kappa shape index (κ1) is 21.1. The van der Waals surface area contributed by atoms with Gasteiger partial charge in [0.1, 0.15) is 22.8 Å². The Bertz CT molecular complexity index is 1250. The third-order valence-electron chi connectivity index (χ3n) is 4.55. The zero-order valence-electron chi connectivity index (χ0n) is 16.0. The second-order valence-corrected chi connectivity index (χ2v) is 7.66. The van der Waals surface area contributed by atoms with Gasteiger partial charge in [0.2, 0.25) is 0 Å². The lowest BCUT2D eigenvalue weighted by molar-refractivity contribution is -0.122. The van der Waals surface area contributed by atoms with Crippen LogP contribution in [0.5, 0.6) is 5.75 Å². The SMILES string of the molecule is COc1ccccc1N1C(=O)/C(=C\c2ccc(-c3ccc(Cl)c(Cl)c3)o2)C(=O)NC1=S. The Morgan fingerprint density at radius 2 is 1.84 bits per heavy atom. The second-order valence-electron chi connectivity index (χ2n) is 6.46. The molecule has 0 bridgehead atoms. The first-order valence-electron chi connectivity index (χ1n) is 8.99. The molecule has 2 heterocycles. The van der Waals surface area contributed by atoms with Gasteiger partial charge < -0.3 is 9.15 Å². The number of nitrogens with zero attached hydrogens (tertiary/aromatic N) is 1. The first-order valence-corrected chi connectivity index (χ1v) is 10.1. The van der Waals surface area contributed by atoms with E-state index in [4.69, 9.17) is 44.6 Å². The van der Waals surface area contributed by atoms with E-state index in [2.05, 4.69) is 5.32 Å². The number of furan rings is 1. The van der Waals surface area contributed by atoms with E-state index in [9.17, 15) is 9.59 Å². The summed E-state index contributed by atoms with van der Waals surface area (Å²) in [7, 11) is 1.49. The Kier molecular flexibility index (Phi) is 5.82. The molecule has 0 aliphatic carbocycles. The van der Waals surface area contributed by atoms with Crippen molar-refractivity contribution in [1.29, 1.82) is 0 Å². The molecule has 1 fully saturated rings. The Balaban J connectivity index is 1.69. The fourth-order valence-corrected chi connectivity index (χ4v) is 3.64. The number of hydrogen-bond acceptors (Lipinski definition) is 5. The van der Waals surface area contributed by atoms with Crippen LogP contribution in [0.4, 0.5) is 5.69 Å². The number of benzene rings is 2. The average molecular weight is 473 g/mol. The maximum Gasteiger partial charge on any atom is 0.270 e. The minimum absolute atomic E-state index is 0.0346. The Morgan fingerprint density at radius 1 is 1.06 bits per heavy atom. The number of nitrogens with one attached hydrogen (secondary N) is 1. The van der Waals surface area contributed by atoms with Crippen molar-refractivity contribution in [2.75, 3.05) is 12.0 Å². The standard InChI is InChI=1S/C22H14Cl2N2O4S/c1-29-19-5-3-2-4-17(19)26-21(28)14(20(27)25-22(26)31)11-13-7-9-18(30-13)12-6-8-15(23)16(24)10-12/h2-11H,1H3,(H,25,27,31)/b14-11-. The molecule has 31 heavy (non-hydrogen) atoms. The van der Waals surface area contributed by atoms with Crippen molar-refractivity contribution >= 4 is 64.1 Å².